The molecule has 33 heavy (non-hydrogen) atoms. The molecule has 1 aliphatic rings. The minimum Gasteiger partial charge on any atom is -0.493 e. The van der Waals surface area contributed by atoms with Gasteiger partial charge >= 0.3 is 6.03 Å². The molecular formula is C25H20Cl2N2O4. The molecule has 168 valence electrons. The summed E-state index contributed by atoms with van der Waals surface area (Å²) in [6.45, 7) is 2.33. The zero-order valence-electron chi connectivity index (χ0n) is 17.9. The number of benzene rings is 3. The van der Waals surface area contributed by atoms with Crippen molar-refractivity contribution in [3.8, 4) is 11.5 Å². The Morgan fingerprint density at radius 3 is 2.55 bits per heavy atom. The Morgan fingerprint density at radius 1 is 1.03 bits per heavy atom. The van der Waals surface area contributed by atoms with E-state index in [1.54, 1.807) is 36.4 Å². The highest BCUT2D eigenvalue weighted by Gasteiger charge is 2.35. The van der Waals surface area contributed by atoms with Crippen LogP contribution in [0.25, 0.3) is 6.08 Å². The first-order chi connectivity index (χ1) is 15.9. The van der Waals surface area contributed by atoms with Crippen LogP contribution in [0, 0.1) is 6.92 Å². The van der Waals surface area contributed by atoms with Crippen molar-refractivity contribution in [1.29, 1.82) is 0 Å². The number of methoxy groups -OCH3 is 1. The van der Waals surface area contributed by atoms with E-state index >= 15 is 0 Å². The molecule has 0 aliphatic carbocycles. The topological polar surface area (TPSA) is 67.9 Å². The van der Waals surface area contributed by atoms with Gasteiger partial charge in [-0.2, -0.15) is 0 Å². The number of aryl methyl sites for hydroxylation is 1. The number of carbonyl (C=O) groups is 2. The van der Waals surface area contributed by atoms with Gasteiger partial charge in [0.05, 0.1) is 17.8 Å². The molecule has 3 aromatic rings. The van der Waals surface area contributed by atoms with Crippen LogP contribution >= 0.6 is 23.2 Å². The molecular weight excluding hydrogens is 463 g/mol. The monoisotopic (exact) mass is 482 g/mol. The Labute approximate surface area is 201 Å². The minimum atomic E-state index is -0.565. The Morgan fingerprint density at radius 2 is 1.82 bits per heavy atom. The highest BCUT2D eigenvalue weighted by Crippen LogP contribution is 2.38. The van der Waals surface area contributed by atoms with E-state index in [9.17, 15) is 9.59 Å². The maximum Gasteiger partial charge on any atom is 0.333 e. The summed E-state index contributed by atoms with van der Waals surface area (Å²) in [5.74, 6) is 0.299. The lowest BCUT2D eigenvalue weighted by Gasteiger charge is -2.14. The summed E-state index contributed by atoms with van der Waals surface area (Å²) in [4.78, 5) is 26.3. The van der Waals surface area contributed by atoms with Crippen LogP contribution in [0.1, 0.15) is 16.7 Å². The molecule has 0 unspecified atom stereocenters. The van der Waals surface area contributed by atoms with E-state index in [4.69, 9.17) is 32.7 Å². The molecule has 3 aromatic carbocycles. The van der Waals surface area contributed by atoms with Gasteiger partial charge in [0.2, 0.25) is 0 Å². The maximum absolute atomic E-state index is 12.9. The van der Waals surface area contributed by atoms with E-state index in [0.29, 0.717) is 39.4 Å². The lowest BCUT2D eigenvalue weighted by molar-refractivity contribution is -0.113. The number of nitrogens with zero attached hydrogens (tertiary/aromatic N) is 1. The predicted octanol–water partition coefficient (Wildman–Crippen LogP) is 5.99. The van der Waals surface area contributed by atoms with Crippen LogP contribution in [-0.2, 0) is 11.4 Å². The molecule has 3 amide bonds. The van der Waals surface area contributed by atoms with Gasteiger partial charge in [-0.05, 0) is 54.5 Å². The van der Waals surface area contributed by atoms with Gasteiger partial charge in [0, 0.05) is 5.02 Å². The number of amides is 3. The second-order valence-corrected chi connectivity index (χ2v) is 8.26. The average molecular weight is 483 g/mol. The number of hydrogen-bond donors (Lipinski definition) is 1. The molecule has 1 N–H and O–H groups in total. The summed E-state index contributed by atoms with van der Waals surface area (Å²) < 4.78 is 11.4. The summed E-state index contributed by atoms with van der Waals surface area (Å²) in [5, 5.41) is 3.32. The van der Waals surface area contributed by atoms with Crippen LogP contribution in [-0.4, -0.2) is 19.0 Å². The van der Waals surface area contributed by atoms with Gasteiger partial charge in [0.15, 0.2) is 11.5 Å². The van der Waals surface area contributed by atoms with E-state index in [-0.39, 0.29) is 5.70 Å². The van der Waals surface area contributed by atoms with E-state index in [1.807, 2.05) is 31.2 Å². The molecule has 1 saturated heterocycles. The predicted molar refractivity (Wildman–Crippen MR) is 129 cm³/mol. The van der Waals surface area contributed by atoms with Crippen molar-refractivity contribution in [2.75, 3.05) is 12.0 Å². The molecule has 0 spiro atoms. The minimum absolute atomic E-state index is 0.103. The third-order valence-electron chi connectivity index (χ3n) is 4.97. The molecule has 0 atom stereocenters. The molecule has 1 aliphatic heterocycles. The van der Waals surface area contributed by atoms with E-state index in [0.717, 1.165) is 16.0 Å². The molecule has 8 heteroatoms. The van der Waals surface area contributed by atoms with Crippen LogP contribution in [0.15, 0.2) is 66.4 Å². The lowest BCUT2D eigenvalue weighted by atomic mass is 10.1. The Bertz CT molecular complexity index is 1270. The Balaban J connectivity index is 1.58. The van der Waals surface area contributed by atoms with Crippen LogP contribution in [0.2, 0.25) is 10.0 Å². The zero-order valence-corrected chi connectivity index (χ0v) is 19.4. The molecule has 6 nitrogen and oxygen atoms in total. The molecule has 0 saturated carbocycles. The van der Waals surface area contributed by atoms with Crippen LogP contribution < -0.4 is 19.7 Å². The van der Waals surface area contributed by atoms with Crippen LogP contribution in [0.4, 0.5) is 10.5 Å². The van der Waals surface area contributed by atoms with Gasteiger partial charge in [-0.1, -0.05) is 59.1 Å². The SMILES string of the molecule is COc1cc(/C=C2/NC(=O)N(c3cccc(Cl)c3)C2=O)cc(Cl)c1OCc1cccc(C)c1. The van der Waals surface area contributed by atoms with Gasteiger partial charge < -0.3 is 14.8 Å². The van der Waals surface area contributed by atoms with Crippen molar-refractivity contribution in [3.05, 3.63) is 93.1 Å². The summed E-state index contributed by atoms with van der Waals surface area (Å²) in [5.41, 5.74) is 3.18. The van der Waals surface area contributed by atoms with Crippen molar-refractivity contribution in [2.45, 2.75) is 13.5 Å². The number of nitrogens with one attached hydrogen (secondary N) is 1. The van der Waals surface area contributed by atoms with Crippen molar-refractivity contribution < 1.29 is 19.1 Å². The number of anilines is 1. The first-order valence-electron chi connectivity index (χ1n) is 10.0. The maximum atomic E-state index is 12.9. The number of ether oxygens (including phenoxy) is 2. The highest BCUT2D eigenvalue weighted by atomic mass is 35.5. The summed E-state index contributed by atoms with van der Waals surface area (Å²) in [6.07, 6.45) is 1.53. The summed E-state index contributed by atoms with van der Waals surface area (Å²) >= 11 is 12.5. The number of hydrogen-bond acceptors (Lipinski definition) is 4. The average Bonchev–Trinajstić information content (AvgIpc) is 3.05. The lowest BCUT2D eigenvalue weighted by Crippen LogP contribution is -2.30. The van der Waals surface area contributed by atoms with Gasteiger partial charge in [0.25, 0.3) is 5.91 Å². The first-order valence-corrected chi connectivity index (χ1v) is 10.8. The van der Waals surface area contributed by atoms with E-state index in [1.165, 1.54) is 13.2 Å². The van der Waals surface area contributed by atoms with Crippen LogP contribution in [0.3, 0.4) is 0 Å². The number of carbonyl (C=O) groups excluding carboxylic acids is 2. The number of imide groups is 1. The quantitative estimate of drug-likeness (QED) is 0.346. The molecule has 0 radical (unpaired) electrons. The zero-order chi connectivity index (χ0) is 23.5. The third-order valence-corrected chi connectivity index (χ3v) is 5.49. The van der Waals surface area contributed by atoms with Crippen molar-refractivity contribution in [3.63, 3.8) is 0 Å². The standard InChI is InChI=1S/C25H20Cl2N2O4/c1-15-5-3-6-16(9-15)14-33-23-20(27)10-17(12-22(23)32-2)11-21-24(30)29(25(31)28-21)19-8-4-7-18(26)13-19/h3-13H,14H2,1-2H3,(H,28,31)/b21-11+. The fourth-order valence-electron chi connectivity index (χ4n) is 3.47. The van der Waals surface area contributed by atoms with Gasteiger partial charge in [0.1, 0.15) is 12.3 Å². The number of rotatable bonds is 6. The second-order valence-electron chi connectivity index (χ2n) is 7.42. The molecule has 1 heterocycles. The summed E-state index contributed by atoms with van der Waals surface area (Å²) in [7, 11) is 1.51. The third kappa shape index (κ3) is 4.97. The molecule has 4 rings (SSSR count). The van der Waals surface area contributed by atoms with Gasteiger partial charge in [-0.3, -0.25) is 4.79 Å². The van der Waals surface area contributed by atoms with Crippen molar-refractivity contribution >= 4 is 46.9 Å². The smallest absolute Gasteiger partial charge is 0.333 e. The fourth-order valence-corrected chi connectivity index (χ4v) is 3.93. The first kappa shape index (κ1) is 22.7. The van der Waals surface area contributed by atoms with E-state index in [2.05, 4.69) is 5.32 Å². The second kappa shape index (κ2) is 9.57. The fraction of sp³-hybridized carbons (Fsp3) is 0.120. The summed E-state index contributed by atoms with van der Waals surface area (Å²) in [6, 6.07) is 17.2. The van der Waals surface area contributed by atoms with E-state index < -0.39 is 11.9 Å². The van der Waals surface area contributed by atoms with Crippen LogP contribution in [0.5, 0.6) is 11.5 Å². The van der Waals surface area contributed by atoms with Crippen molar-refractivity contribution in [2.24, 2.45) is 0 Å². The molecule has 1 fully saturated rings. The molecule has 0 bridgehead atoms. The molecule has 0 aromatic heterocycles. The number of halogens is 2. The Hall–Kier alpha value is -3.48. The van der Waals surface area contributed by atoms with Gasteiger partial charge in [-0.15, -0.1) is 0 Å². The van der Waals surface area contributed by atoms with Crippen molar-refractivity contribution in [1.82, 2.24) is 5.32 Å². The highest BCUT2D eigenvalue weighted by molar-refractivity contribution is 6.33. The van der Waals surface area contributed by atoms with Gasteiger partial charge in [-0.25, -0.2) is 9.69 Å². The largest absolute Gasteiger partial charge is 0.493 e. The normalized spacial score (nSPS) is 14.5. The Kier molecular flexibility index (Phi) is 6.58. The number of urea groups is 1.